The smallest absolute Gasteiger partial charge is 0.185 e. The van der Waals surface area contributed by atoms with Crippen molar-refractivity contribution in [3.05, 3.63) is 141 Å². The summed E-state index contributed by atoms with van der Waals surface area (Å²) in [5, 5.41) is 0. The normalized spacial score (nSPS) is 22.1. The second-order valence-corrected chi connectivity index (χ2v) is 11.5. The van der Waals surface area contributed by atoms with E-state index in [4.69, 9.17) is 0 Å². The maximum absolute atomic E-state index is 14.6. The predicted molar refractivity (Wildman–Crippen MR) is 155 cm³/mol. The Bertz CT molecular complexity index is 1670. The Hall–Kier alpha value is -4.09. The molecule has 0 radical (unpaired) electrons. The molecule has 1 spiro atoms. The fraction of sp³-hybridized carbons (Fsp3) is 0.147. The average Bonchev–Trinajstić information content (AvgIpc) is 3.39. The van der Waals surface area contributed by atoms with Gasteiger partial charge in [-0.05, 0) is 42.3 Å². The van der Waals surface area contributed by atoms with E-state index in [0.717, 1.165) is 26.9 Å². The van der Waals surface area contributed by atoms with Crippen LogP contribution in [0.1, 0.15) is 53.7 Å². The first-order chi connectivity index (χ1) is 18.9. The number of Topliss-reactive ketones (excluding diaryl/α,β-unsaturated/α-hetero) is 3. The minimum atomic E-state index is -1.48. The van der Waals surface area contributed by atoms with Gasteiger partial charge in [-0.25, -0.2) is 0 Å². The average molecular weight is 574 g/mol. The van der Waals surface area contributed by atoms with E-state index in [0.29, 0.717) is 16.7 Å². The molecule has 0 saturated carbocycles. The lowest BCUT2D eigenvalue weighted by Gasteiger charge is -2.37. The molecule has 4 aromatic carbocycles. The van der Waals surface area contributed by atoms with Gasteiger partial charge in [-0.1, -0.05) is 106 Å². The number of carbonyl (C=O) groups excluding carboxylic acids is 3. The highest BCUT2D eigenvalue weighted by Crippen LogP contribution is 2.61. The van der Waals surface area contributed by atoms with Crippen LogP contribution in [0.15, 0.2) is 108 Å². The van der Waals surface area contributed by atoms with Gasteiger partial charge in [0.1, 0.15) is 11.5 Å². The Kier molecular flexibility index (Phi) is 5.36. The zero-order chi connectivity index (χ0) is 26.9. The van der Waals surface area contributed by atoms with Crippen LogP contribution in [0.5, 0.6) is 0 Å². The molecule has 1 saturated heterocycles. The van der Waals surface area contributed by atoms with Crippen LogP contribution in [0.3, 0.4) is 0 Å². The molecule has 2 aliphatic heterocycles. The summed E-state index contributed by atoms with van der Waals surface area (Å²) in [7, 11) is 0. The maximum atomic E-state index is 14.6. The number of benzene rings is 4. The van der Waals surface area contributed by atoms with E-state index in [2.05, 4.69) is 26.9 Å². The van der Waals surface area contributed by atoms with Gasteiger partial charge in [0.05, 0.1) is 6.04 Å². The summed E-state index contributed by atoms with van der Waals surface area (Å²) in [4.78, 5) is 45.8. The summed E-state index contributed by atoms with van der Waals surface area (Å²) in [6.07, 6.45) is 3.97. The van der Waals surface area contributed by atoms with Gasteiger partial charge in [0.25, 0.3) is 0 Å². The summed E-state index contributed by atoms with van der Waals surface area (Å²) in [5.74, 6) is -1.24. The molecule has 4 aromatic rings. The highest BCUT2D eigenvalue weighted by molar-refractivity contribution is 9.10. The second kappa shape index (κ2) is 8.72. The van der Waals surface area contributed by atoms with Crippen LogP contribution < -0.4 is 4.90 Å². The number of halogens is 1. The minimum Gasteiger partial charge on any atom is -0.352 e. The number of hydrogen-bond acceptors (Lipinski definition) is 4. The van der Waals surface area contributed by atoms with Crippen LogP contribution in [0.25, 0.3) is 6.08 Å². The first kappa shape index (κ1) is 24.0. The van der Waals surface area contributed by atoms with Gasteiger partial charge in [-0.15, -0.1) is 0 Å². The van der Waals surface area contributed by atoms with Crippen molar-refractivity contribution in [2.75, 3.05) is 4.90 Å². The number of rotatable bonds is 3. The number of ketones is 3. The molecule has 7 rings (SSSR count). The third kappa shape index (κ3) is 3.26. The number of nitrogens with zero attached hydrogens (tertiary/aromatic N) is 1. The van der Waals surface area contributed by atoms with Crippen LogP contribution in [-0.4, -0.2) is 29.4 Å². The van der Waals surface area contributed by atoms with Crippen molar-refractivity contribution in [1.82, 2.24) is 0 Å². The molecule has 0 unspecified atom stereocenters. The van der Waals surface area contributed by atoms with Crippen LogP contribution in [0.2, 0.25) is 0 Å². The number of hydrogen-bond donors (Lipinski definition) is 0. The maximum Gasteiger partial charge on any atom is 0.185 e. The lowest BCUT2D eigenvalue weighted by Crippen LogP contribution is -2.48. The van der Waals surface area contributed by atoms with Crippen molar-refractivity contribution in [2.45, 2.75) is 24.9 Å². The van der Waals surface area contributed by atoms with Gasteiger partial charge in [-0.2, -0.15) is 0 Å². The summed E-state index contributed by atoms with van der Waals surface area (Å²) in [6.45, 7) is 2.03. The topological polar surface area (TPSA) is 54.5 Å². The van der Waals surface area contributed by atoms with Gasteiger partial charge in [0.15, 0.2) is 17.3 Å². The Morgan fingerprint density at radius 2 is 1.46 bits per heavy atom. The Morgan fingerprint density at radius 1 is 0.821 bits per heavy atom. The lowest BCUT2D eigenvalue weighted by molar-refractivity contribution is 0.0666. The first-order valence-electron chi connectivity index (χ1n) is 13.0. The summed E-state index contributed by atoms with van der Waals surface area (Å²) < 4.78 is 0.884. The van der Waals surface area contributed by atoms with E-state index in [-0.39, 0.29) is 17.3 Å². The molecule has 3 atom stereocenters. The molecule has 0 N–H and O–H groups in total. The molecule has 4 nitrogen and oxygen atoms in total. The van der Waals surface area contributed by atoms with E-state index in [1.54, 1.807) is 24.3 Å². The molecule has 190 valence electrons. The van der Waals surface area contributed by atoms with E-state index < -0.39 is 23.4 Å². The molecule has 1 fully saturated rings. The van der Waals surface area contributed by atoms with E-state index >= 15 is 0 Å². The van der Waals surface area contributed by atoms with Crippen molar-refractivity contribution < 1.29 is 14.4 Å². The van der Waals surface area contributed by atoms with Gasteiger partial charge in [-0.3, -0.25) is 14.4 Å². The Morgan fingerprint density at radius 3 is 2.13 bits per heavy atom. The molecule has 3 aliphatic rings. The molecular formula is C34H24BrNO3. The number of aryl methyl sites for hydroxylation is 1. The van der Waals surface area contributed by atoms with E-state index in [9.17, 15) is 14.4 Å². The highest BCUT2D eigenvalue weighted by Gasteiger charge is 2.71. The molecular weight excluding hydrogens is 550 g/mol. The quantitative estimate of drug-likeness (QED) is 0.194. The molecule has 2 heterocycles. The van der Waals surface area contributed by atoms with Gasteiger partial charge in [0.2, 0.25) is 0 Å². The van der Waals surface area contributed by atoms with Crippen molar-refractivity contribution in [2.24, 2.45) is 5.41 Å². The first-order valence-corrected chi connectivity index (χ1v) is 13.8. The zero-order valence-electron chi connectivity index (χ0n) is 21.2. The minimum absolute atomic E-state index is 0.108. The van der Waals surface area contributed by atoms with Crippen molar-refractivity contribution >= 4 is 45.0 Å². The standard InChI is InChI=1S/C34H24BrNO3/c1-20-11-17-27-23(19-20)14-18-28-34(32(38)25-9-5-6-10-26(25)33(34)39)29(21-12-15-24(35)16-13-21)30(36(27)28)31(37)22-7-3-2-4-8-22/h2-19,28-30H,1H3/t28-,29+,30-/m0/s1. The fourth-order valence-electron chi connectivity index (χ4n) is 6.91. The predicted octanol–water partition coefficient (Wildman–Crippen LogP) is 7.07. The van der Waals surface area contributed by atoms with E-state index in [1.807, 2.05) is 85.8 Å². The van der Waals surface area contributed by atoms with Crippen LogP contribution in [-0.2, 0) is 0 Å². The Labute approximate surface area is 235 Å². The van der Waals surface area contributed by atoms with Crippen LogP contribution in [0.4, 0.5) is 5.69 Å². The van der Waals surface area contributed by atoms with Crippen LogP contribution >= 0.6 is 15.9 Å². The van der Waals surface area contributed by atoms with Crippen molar-refractivity contribution in [1.29, 1.82) is 0 Å². The third-order valence-electron chi connectivity index (χ3n) is 8.52. The van der Waals surface area contributed by atoms with Crippen molar-refractivity contribution in [3.8, 4) is 0 Å². The van der Waals surface area contributed by atoms with Gasteiger partial charge < -0.3 is 4.90 Å². The van der Waals surface area contributed by atoms with E-state index in [1.165, 1.54) is 0 Å². The Balaban J connectivity index is 1.55. The highest BCUT2D eigenvalue weighted by atomic mass is 79.9. The molecule has 1 aliphatic carbocycles. The SMILES string of the molecule is Cc1ccc2c(c1)C=C[C@@H]1N2[C@H](C(=O)c2ccccc2)[C@@H](c2ccc(Br)cc2)C12C(=O)c1ccccc1C2=O. The van der Waals surface area contributed by atoms with Crippen molar-refractivity contribution in [3.63, 3.8) is 0 Å². The number of fused-ring (bicyclic) bond motifs is 5. The largest absolute Gasteiger partial charge is 0.352 e. The van der Waals surface area contributed by atoms with Gasteiger partial charge >= 0.3 is 0 Å². The fourth-order valence-corrected chi connectivity index (χ4v) is 7.18. The second-order valence-electron chi connectivity index (χ2n) is 10.6. The number of anilines is 1. The summed E-state index contributed by atoms with van der Waals surface area (Å²) in [6, 6.07) is 28.7. The molecule has 0 aromatic heterocycles. The number of carbonyl (C=O) groups is 3. The molecule has 39 heavy (non-hydrogen) atoms. The van der Waals surface area contributed by atoms with Crippen LogP contribution in [0, 0.1) is 12.3 Å². The molecule has 0 bridgehead atoms. The summed E-state index contributed by atoms with van der Waals surface area (Å²) >= 11 is 3.52. The molecule has 0 amide bonds. The van der Waals surface area contributed by atoms with Gasteiger partial charge in [0, 0.05) is 32.8 Å². The third-order valence-corrected chi connectivity index (χ3v) is 9.04. The lowest BCUT2D eigenvalue weighted by atomic mass is 9.64. The summed E-state index contributed by atoms with van der Waals surface area (Å²) in [5.41, 5.74) is 3.66. The zero-order valence-corrected chi connectivity index (χ0v) is 22.8. The molecule has 5 heteroatoms. The monoisotopic (exact) mass is 573 g/mol.